The third-order valence-corrected chi connectivity index (χ3v) is 1.73. The molecule has 0 heterocycles. The Balaban J connectivity index is 3.63. The van der Waals surface area contributed by atoms with E-state index < -0.39 is 6.10 Å². The van der Waals surface area contributed by atoms with Gasteiger partial charge in [-0.15, -0.1) is 0 Å². The molecule has 0 saturated heterocycles. The summed E-state index contributed by atoms with van der Waals surface area (Å²) in [6, 6.07) is 0. The first-order valence-electron chi connectivity index (χ1n) is 4.84. The molecule has 1 N–H and O–H groups in total. The lowest BCUT2D eigenvalue weighted by molar-refractivity contribution is -0.0483. The first-order valence-corrected chi connectivity index (χ1v) is 4.84. The second-order valence-electron chi connectivity index (χ2n) is 4.38. The Morgan fingerprint density at radius 3 is 2.38 bits per heavy atom. The standard InChI is InChI=1S/C11H22O2/c1-6-9(2)7-10(12)8-13-11(3,4)5/h10,12H,2,6-8H2,1,3-5H3. The summed E-state index contributed by atoms with van der Waals surface area (Å²) in [4.78, 5) is 0. The van der Waals surface area contributed by atoms with Gasteiger partial charge in [0, 0.05) is 0 Å². The van der Waals surface area contributed by atoms with Crippen LogP contribution in [-0.4, -0.2) is 23.4 Å². The van der Waals surface area contributed by atoms with Crippen LogP contribution in [0, 0.1) is 0 Å². The highest BCUT2D eigenvalue weighted by Crippen LogP contribution is 2.11. The lowest BCUT2D eigenvalue weighted by Gasteiger charge is -2.22. The number of rotatable bonds is 5. The molecule has 2 heteroatoms. The van der Waals surface area contributed by atoms with Gasteiger partial charge in [-0.3, -0.25) is 0 Å². The first-order chi connectivity index (χ1) is 5.85. The summed E-state index contributed by atoms with van der Waals surface area (Å²) in [6.45, 7) is 12.2. The summed E-state index contributed by atoms with van der Waals surface area (Å²) in [6.07, 6.45) is 1.16. The van der Waals surface area contributed by atoms with E-state index in [1.807, 2.05) is 27.7 Å². The SMILES string of the molecule is C=C(CC)CC(O)COC(C)(C)C. The zero-order chi connectivity index (χ0) is 10.5. The fourth-order valence-corrected chi connectivity index (χ4v) is 0.883. The lowest BCUT2D eigenvalue weighted by Crippen LogP contribution is -2.26. The Morgan fingerprint density at radius 2 is 2.00 bits per heavy atom. The van der Waals surface area contributed by atoms with Crippen molar-refractivity contribution in [2.75, 3.05) is 6.61 Å². The maximum absolute atomic E-state index is 9.53. The molecule has 1 unspecified atom stereocenters. The predicted octanol–water partition coefficient (Wildman–Crippen LogP) is 2.52. The van der Waals surface area contributed by atoms with E-state index in [1.54, 1.807) is 0 Å². The van der Waals surface area contributed by atoms with E-state index in [9.17, 15) is 5.11 Å². The van der Waals surface area contributed by atoms with Gasteiger partial charge in [-0.1, -0.05) is 19.1 Å². The zero-order valence-electron chi connectivity index (χ0n) is 9.26. The molecule has 0 rings (SSSR count). The van der Waals surface area contributed by atoms with Gasteiger partial charge in [0.15, 0.2) is 0 Å². The molecule has 0 bridgehead atoms. The average molecular weight is 186 g/mol. The smallest absolute Gasteiger partial charge is 0.0810 e. The zero-order valence-corrected chi connectivity index (χ0v) is 9.26. The van der Waals surface area contributed by atoms with Crippen LogP contribution in [0.3, 0.4) is 0 Å². The summed E-state index contributed by atoms with van der Waals surface area (Å²) >= 11 is 0. The third kappa shape index (κ3) is 8.00. The van der Waals surface area contributed by atoms with E-state index in [0.717, 1.165) is 12.0 Å². The highest BCUT2D eigenvalue weighted by molar-refractivity contribution is 4.94. The molecule has 0 aliphatic carbocycles. The van der Waals surface area contributed by atoms with Gasteiger partial charge in [0.1, 0.15) is 0 Å². The van der Waals surface area contributed by atoms with Crippen LogP contribution < -0.4 is 0 Å². The van der Waals surface area contributed by atoms with Gasteiger partial charge < -0.3 is 9.84 Å². The highest BCUT2D eigenvalue weighted by Gasteiger charge is 2.13. The van der Waals surface area contributed by atoms with Crippen molar-refractivity contribution in [3.63, 3.8) is 0 Å². The Morgan fingerprint density at radius 1 is 1.46 bits per heavy atom. The van der Waals surface area contributed by atoms with Gasteiger partial charge in [0.25, 0.3) is 0 Å². The number of hydrogen-bond donors (Lipinski definition) is 1. The highest BCUT2D eigenvalue weighted by atomic mass is 16.5. The van der Waals surface area contributed by atoms with Crippen molar-refractivity contribution in [2.24, 2.45) is 0 Å². The van der Waals surface area contributed by atoms with Crippen molar-refractivity contribution in [3.05, 3.63) is 12.2 Å². The number of aliphatic hydroxyl groups is 1. The summed E-state index contributed by atoms with van der Waals surface area (Å²) in [5.41, 5.74) is 0.902. The molecular formula is C11H22O2. The van der Waals surface area contributed by atoms with Crippen LogP contribution in [0.1, 0.15) is 40.5 Å². The van der Waals surface area contributed by atoms with Gasteiger partial charge in [0.05, 0.1) is 18.3 Å². The number of ether oxygens (including phenoxy) is 1. The summed E-state index contributed by atoms with van der Waals surface area (Å²) < 4.78 is 5.45. The van der Waals surface area contributed by atoms with Crippen LogP contribution in [0.2, 0.25) is 0 Å². The fraction of sp³-hybridized carbons (Fsp3) is 0.818. The molecule has 0 radical (unpaired) electrons. The van der Waals surface area contributed by atoms with E-state index in [0.29, 0.717) is 13.0 Å². The van der Waals surface area contributed by atoms with Crippen molar-refractivity contribution in [1.29, 1.82) is 0 Å². The lowest BCUT2D eigenvalue weighted by atomic mass is 10.1. The molecule has 0 saturated carbocycles. The molecule has 78 valence electrons. The molecule has 0 fully saturated rings. The number of hydrogen-bond acceptors (Lipinski definition) is 2. The van der Waals surface area contributed by atoms with Gasteiger partial charge in [-0.2, -0.15) is 0 Å². The van der Waals surface area contributed by atoms with Crippen molar-refractivity contribution >= 4 is 0 Å². The van der Waals surface area contributed by atoms with Crippen molar-refractivity contribution < 1.29 is 9.84 Å². The monoisotopic (exact) mass is 186 g/mol. The predicted molar refractivity (Wildman–Crippen MR) is 55.8 cm³/mol. The van der Waals surface area contributed by atoms with Crippen LogP contribution in [0.25, 0.3) is 0 Å². The molecule has 2 nitrogen and oxygen atoms in total. The first kappa shape index (κ1) is 12.7. The summed E-state index contributed by atoms with van der Waals surface area (Å²) in [5, 5.41) is 9.53. The number of aliphatic hydroxyl groups excluding tert-OH is 1. The topological polar surface area (TPSA) is 29.5 Å². The van der Waals surface area contributed by atoms with Crippen LogP contribution in [0.15, 0.2) is 12.2 Å². The largest absolute Gasteiger partial charge is 0.390 e. The van der Waals surface area contributed by atoms with E-state index in [4.69, 9.17) is 4.74 Å². The fourth-order valence-electron chi connectivity index (χ4n) is 0.883. The minimum Gasteiger partial charge on any atom is -0.390 e. The van der Waals surface area contributed by atoms with Crippen molar-refractivity contribution in [1.82, 2.24) is 0 Å². The molecule has 0 aromatic carbocycles. The van der Waals surface area contributed by atoms with E-state index in [-0.39, 0.29) is 5.60 Å². The maximum Gasteiger partial charge on any atom is 0.0810 e. The van der Waals surface area contributed by atoms with Crippen LogP contribution in [0.5, 0.6) is 0 Å². The molecular weight excluding hydrogens is 164 g/mol. The summed E-state index contributed by atoms with van der Waals surface area (Å²) in [5.74, 6) is 0. The molecule has 0 spiro atoms. The van der Waals surface area contributed by atoms with Gasteiger partial charge in [-0.25, -0.2) is 0 Å². The van der Waals surface area contributed by atoms with Gasteiger partial charge >= 0.3 is 0 Å². The molecule has 0 aliphatic rings. The normalized spacial score (nSPS) is 14.2. The van der Waals surface area contributed by atoms with Crippen LogP contribution in [0.4, 0.5) is 0 Å². The van der Waals surface area contributed by atoms with E-state index in [1.165, 1.54) is 0 Å². The molecule has 0 aliphatic heterocycles. The minimum atomic E-state index is -0.410. The second kappa shape index (κ2) is 5.40. The van der Waals surface area contributed by atoms with E-state index in [2.05, 4.69) is 6.58 Å². The Bertz CT molecular complexity index is 156. The Hall–Kier alpha value is -0.340. The molecule has 0 aromatic rings. The molecule has 0 amide bonds. The Labute approximate surface area is 81.6 Å². The molecule has 0 aromatic heterocycles. The third-order valence-electron chi connectivity index (χ3n) is 1.73. The second-order valence-corrected chi connectivity index (χ2v) is 4.38. The Kier molecular flexibility index (Phi) is 5.26. The summed E-state index contributed by atoms with van der Waals surface area (Å²) in [7, 11) is 0. The van der Waals surface area contributed by atoms with Crippen molar-refractivity contribution in [3.8, 4) is 0 Å². The van der Waals surface area contributed by atoms with E-state index >= 15 is 0 Å². The molecule has 13 heavy (non-hydrogen) atoms. The molecule has 1 atom stereocenters. The van der Waals surface area contributed by atoms with Crippen LogP contribution in [-0.2, 0) is 4.74 Å². The van der Waals surface area contributed by atoms with Gasteiger partial charge in [0.2, 0.25) is 0 Å². The maximum atomic E-state index is 9.53. The minimum absolute atomic E-state index is 0.172. The van der Waals surface area contributed by atoms with Crippen LogP contribution >= 0.6 is 0 Å². The van der Waals surface area contributed by atoms with Crippen molar-refractivity contribution in [2.45, 2.75) is 52.2 Å². The average Bonchev–Trinajstić information content (AvgIpc) is 1.99. The van der Waals surface area contributed by atoms with Gasteiger partial charge in [-0.05, 0) is 33.6 Å². The quantitative estimate of drug-likeness (QED) is 0.668.